The maximum absolute atomic E-state index is 11.5. The fourth-order valence-electron chi connectivity index (χ4n) is 4.28. The number of sulfonamides is 1. The third-order valence-corrected chi connectivity index (χ3v) is 6.66. The van der Waals surface area contributed by atoms with Gasteiger partial charge in [-0.1, -0.05) is 12.1 Å². The Morgan fingerprint density at radius 1 is 1.16 bits per heavy atom. The van der Waals surface area contributed by atoms with Gasteiger partial charge in [0.2, 0.25) is 5.88 Å². The molecule has 1 aliphatic heterocycles. The summed E-state index contributed by atoms with van der Waals surface area (Å²) in [5.41, 5.74) is 11.8. The van der Waals surface area contributed by atoms with E-state index in [-0.39, 0.29) is 17.2 Å². The van der Waals surface area contributed by atoms with Gasteiger partial charge in [-0.15, -0.1) is 0 Å². The van der Waals surface area contributed by atoms with Gasteiger partial charge in [0.1, 0.15) is 12.1 Å². The lowest BCUT2D eigenvalue weighted by molar-refractivity contribution is 0.132. The number of hydrogen-bond acceptors (Lipinski definition) is 7. The SMILES string of the molecule is Nc1c(-c2ccnc(O[C@H]3COC[C@@H]3n3ccc(S(N)(=O)=O)n3)c2)ccc2c1CCC2. The largest absolute Gasteiger partial charge is 0.469 e. The average Bonchev–Trinajstić information content (AvgIpc) is 3.48. The van der Waals surface area contributed by atoms with Crippen LogP contribution >= 0.6 is 0 Å². The zero-order valence-electron chi connectivity index (χ0n) is 16.8. The van der Waals surface area contributed by atoms with Crippen molar-refractivity contribution in [3.8, 4) is 17.0 Å². The van der Waals surface area contributed by atoms with Crippen LogP contribution in [0.25, 0.3) is 11.1 Å². The van der Waals surface area contributed by atoms with Crippen molar-refractivity contribution in [1.82, 2.24) is 14.8 Å². The van der Waals surface area contributed by atoms with Crippen LogP contribution in [0.1, 0.15) is 23.6 Å². The number of fused-ring (bicyclic) bond motifs is 1. The van der Waals surface area contributed by atoms with E-state index in [2.05, 4.69) is 22.2 Å². The summed E-state index contributed by atoms with van der Waals surface area (Å²) in [5, 5.41) is 9.04. The molecule has 2 aromatic heterocycles. The van der Waals surface area contributed by atoms with E-state index >= 15 is 0 Å². The molecule has 3 aromatic rings. The van der Waals surface area contributed by atoms with Crippen LogP contribution in [0.2, 0.25) is 0 Å². The van der Waals surface area contributed by atoms with Gasteiger partial charge in [-0.25, -0.2) is 18.5 Å². The molecule has 3 heterocycles. The molecule has 1 aliphatic carbocycles. The van der Waals surface area contributed by atoms with Crippen molar-refractivity contribution in [2.75, 3.05) is 18.9 Å². The molecule has 2 aliphatic rings. The van der Waals surface area contributed by atoms with Crippen LogP contribution in [-0.2, 0) is 27.6 Å². The minimum atomic E-state index is -3.87. The molecule has 0 saturated carbocycles. The summed E-state index contributed by atoms with van der Waals surface area (Å²) < 4.78 is 36.2. The molecule has 1 aromatic carbocycles. The minimum Gasteiger partial charge on any atom is -0.469 e. The lowest BCUT2D eigenvalue weighted by Gasteiger charge is -2.19. The molecule has 0 amide bonds. The lowest BCUT2D eigenvalue weighted by atomic mass is 9.98. The number of benzene rings is 1. The van der Waals surface area contributed by atoms with Crippen LogP contribution < -0.4 is 15.6 Å². The number of aryl methyl sites for hydroxylation is 1. The molecule has 1 fully saturated rings. The third-order valence-electron chi connectivity index (χ3n) is 5.86. The van der Waals surface area contributed by atoms with Crippen LogP contribution in [-0.4, -0.2) is 42.5 Å². The van der Waals surface area contributed by atoms with Gasteiger partial charge in [0, 0.05) is 29.7 Å². The van der Waals surface area contributed by atoms with Crippen LogP contribution in [0.4, 0.5) is 5.69 Å². The van der Waals surface area contributed by atoms with E-state index < -0.39 is 10.0 Å². The standard InChI is InChI=1S/C21H23N5O4S/c22-21-15-3-1-2-13(15)4-5-16(21)14-6-8-24-19(10-14)30-18-12-29-11-17(18)26-9-7-20(25-26)31(23,27)28/h4-10,17-18H,1-3,11-12,22H2,(H2,23,27,28)/t17-,18-/m0/s1. The van der Waals surface area contributed by atoms with Crippen LogP contribution in [0.15, 0.2) is 47.8 Å². The lowest BCUT2D eigenvalue weighted by Crippen LogP contribution is -2.29. The smallest absolute Gasteiger partial charge is 0.257 e. The number of nitrogens with two attached hydrogens (primary N) is 2. The predicted molar refractivity (Wildman–Crippen MR) is 114 cm³/mol. The summed E-state index contributed by atoms with van der Waals surface area (Å²) >= 11 is 0. The van der Waals surface area contributed by atoms with Crippen molar-refractivity contribution in [3.05, 3.63) is 53.9 Å². The number of nitrogens with zero attached hydrogens (tertiary/aromatic N) is 3. The van der Waals surface area contributed by atoms with Crippen LogP contribution in [0.5, 0.6) is 5.88 Å². The Kier molecular flexibility index (Phi) is 4.92. The highest BCUT2D eigenvalue weighted by Gasteiger charge is 2.33. The first-order valence-corrected chi connectivity index (χ1v) is 11.6. The van der Waals surface area contributed by atoms with Gasteiger partial charge < -0.3 is 15.2 Å². The predicted octanol–water partition coefficient (Wildman–Crippen LogP) is 1.68. The average molecular weight is 442 g/mol. The van der Waals surface area contributed by atoms with Crippen LogP contribution in [0.3, 0.4) is 0 Å². The Morgan fingerprint density at radius 3 is 2.84 bits per heavy atom. The van der Waals surface area contributed by atoms with E-state index in [0.717, 1.165) is 36.1 Å². The highest BCUT2D eigenvalue weighted by molar-refractivity contribution is 7.89. The maximum atomic E-state index is 11.5. The molecule has 0 unspecified atom stereocenters. The Bertz CT molecular complexity index is 1240. The van der Waals surface area contributed by atoms with Gasteiger partial charge in [0.25, 0.3) is 10.0 Å². The summed E-state index contributed by atoms with van der Waals surface area (Å²) in [5.74, 6) is 0.441. The van der Waals surface area contributed by atoms with Crippen molar-refractivity contribution >= 4 is 15.7 Å². The minimum absolute atomic E-state index is 0.189. The van der Waals surface area contributed by atoms with Gasteiger partial charge in [0.15, 0.2) is 5.03 Å². The molecular formula is C21H23N5O4S. The highest BCUT2D eigenvalue weighted by atomic mass is 32.2. The van der Waals surface area contributed by atoms with Gasteiger partial charge >= 0.3 is 0 Å². The first-order chi connectivity index (χ1) is 14.9. The molecule has 162 valence electrons. The van der Waals surface area contributed by atoms with E-state index in [4.69, 9.17) is 20.3 Å². The van der Waals surface area contributed by atoms with Gasteiger partial charge in [-0.05, 0) is 48.1 Å². The quantitative estimate of drug-likeness (QED) is 0.575. The molecule has 31 heavy (non-hydrogen) atoms. The molecule has 9 nitrogen and oxygen atoms in total. The molecular weight excluding hydrogens is 418 g/mol. The van der Waals surface area contributed by atoms with Crippen LogP contribution in [0, 0.1) is 0 Å². The fraction of sp³-hybridized carbons (Fsp3) is 0.333. The number of ether oxygens (including phenoxy) is 2. The number of nitrogen functional groups attached to an aromatic ring is 1. The number of anilines is 1. The Balaban J connectivity index is 1.39. The topological polar surface area (TPSA) is 135 Å². The number of hydrogen-bond donors (Lipinski definition) is 2. The first-order valence-electron chi connectivity index (χ1n) is 10.1. The summed E-state index contributed by atoms with van der Waals surface area (Å²) in [6, 6.07) is 9.04. The van der Waals surface area contributed by atoms with Gasteiger partial charge in [-0.3, -0.25) is 4.68 Å². The Labute approximate surface area is 180 Å². The zero-order chi connectivity index (χ0) is 21.6. The second kappa shape index (κ2) is 7.63. The summed E-state index contributed by atoms with van der Waals surface area (Å²) in [6.07, 6.45) is 6.09. The van der Waals surface area contributed by atoms with Crippen molar-refractivity contribution in [1.29, 1.82) is 0 Å². The Morgan fingerprint density at radius 2 is 2.03 bits per heavy atom. The van der Waals surface area contributed by atoms with E-state index in [1.165, 1.54) is 21.9 Å². The molecule has 0 radical (unpaired) electrons. The molecule has 2 atom stereocenters. The number of aromatic nitrogens is 3. The zero-order valence-corrected chi connectivity index (χ0v) is 17.6. The summed E-state index contributed by atoms with van der Waals surface area (Å²) in [6.45, 7) is 0.677. The van der Waals surface area contributed by atoms with E-state index in [1.54, 1.807) is 12.4 Å². The van der Waals surface area contributed by atoms with E-state index in [9.17, 15) is 8.42 Å². The molecule has 1 saturated heterocycles. The number of rotatable bonds is 5. The van der Waals surface area contributed by atoms with E-state index in [0.29, 0.717) is 19.1 Å². The molecule has 4 N–H and O–H groups in total. The third kappa shape index (κ3) is 3.78. The summed E-state index contributed by atoms with van der Waals surface area (Å²) in [4.78, 5) is 4.34. The second-order valence-corrected chi connectivity index (χ2v) is 9.35. The highest BCUT2D eigenvalue weighted by Crippen LogP contribution is 2.36. The number of primary sulfonamides is 1. The van der Waals surface area contributed by atoms with Crippen molar-refractivity contribution < 1.29 is 17.9 Å². The fourth-order valence-corrected chi connectivity index (χ4v) is 4.74. The Hall–Kier alpha value is -2.95. The molecule has 5 rings (SSSR count). The van der Waals surface area contributed by atoms with Gasteiger partial charge in [0.05, 0.1) is 13.2 Å². The van der Waals surface area contributed by atoms with Crippen molar-refractivity contribution in [3.63, 3.8) is 0 Å². The second-order valence-electron chi connectivity index (χ2n) is 7.84. The van der Waals surface area contributed by atoms with E-state index in [1.807, 2.05) is 12.1 Å². The van der Waals surface area contributed by atoms with Gasteiger partial charge in [-0.2, -0.15) is 5.10 Å². The molecule has 10 heteroatoms. The maximum Gasteiger partial charge on any atom is 0.257 e. The summed E-state index contributed by atoms with van der Waals surface area (Å²) in [7, 11) is -3.87. The molecule has 0 bridgehead atoms. The first kappa shape index (κ1) is 20.0. The molecule has 0 spiro atoms. The number of pyridine rings is 1. The van der Waals surface area contributed by atoms with Crippen molar-refractivity contribution in [2.45, 2.75) is 36.4 Å². The normalized spacial score (nSPS) is 20.7. The monoisotopic (exact) mass is 441 g/mol. The van der Waals surface area contributed by atoms with Crippen molar-refractivity contribution in [2.24, 2.45) is 5.14 Å².